The number of aliphatic carboxylic acids is 1. The van der Waals surface area contributed by atoms with Gasteiger partial charge in [0.15, 0.2) is 0 Å². The van der Waals surface area contributed by atoms with Crippen LogP contribution in [0.25, 0.3) is 10.9 Å². The standard InChI is InChI=1S/C13H13NO3S/c1-8-3-4-9(17-2)13-12(8)10(5-6-14-13)18-7-11(15)16/h3-6H,7H2,1-2H3,(H,15,16). The van der Waals surface area contributed by atoms with Gasteiger partial charge in [0.25, 0.3) is 0 Å². The lowest BCUT2D eigenvalue weighted by molar-refractivity contribution is -0.133. The summed E-state index contributed by atoms with van der Waals surface area (Å²) < 4.78 is 5.27. The molecule has 0 aliphatic heterocycles. The first-order chi connectivity index (χ1) is 8.63. The Bertz CT molecular complexity index is 598. The van der Waals surface area contributed by atoms with E-state index in [-0.39, 0.29) is 5.75 Å². The first-order valence-corrected chi connectivity index (χ1v) is 6.39. The van der Waals surface area contributed by atoms with Crippen molar-refractivity contribution in [1.29, 1.82) is 0 Å². The Labute approximate surface area is 109 Å². The Morgan fingerprint density at radius 1 is 1.44 bits per heavy atom. The molecule has 1 heterocycles. The molecule has 18 heavy (non-hydrogen) atoms. The molecule has 0 radical (unpaired) electrons. The minimum Gasteiger partial charge on any atom is -0.494 e. The Morgan fingerprint density at radius 3 is 2.89 bits per heavy atom. The second kappa shape index (κ2) is 5.27. The first-order valence-electron chi connectivity index (χ1n) is 5.40. The van der Waals surface area contributed by atoms with Gasteiger partial charge in [0.1, 0.15) is 11.3 Å². The van der Waals surface area contributed by atoms with Crippen molar-refractivity contribution in [2.24, 2.45) is 0 Å². The SMILES string of the molecule is COc1ccc(C)c2c(SCC(=O)O)ccnc12. The van der Waals surface area contributed by atoms with E-state index in [1.54, 1.807) is 13.3 Å². The molecule has 2 rings (SSSR count). The number of nitrogens with zero attached hydrogens (tertiary/aromatic N) is 1. The van der Waals surface area contributed by atoms with E-state index in [0.29, 0.717) is 5.75 Å². The number of thioether (sulfide) groups is 1. The van der Waals surface area contributed by atoms with Gasteiger partial charge in [-0.1, -0.05) is 6.07 Å². The van der Waals surface area contributed by atoms with E-state index >= 15 is 0 Å². The minimum absolute atomic E-state index is 0.0375. The molecule has 1 N–H and O–H groups in total. The van der Waals surface area contributed by atoms with E-state index in [1.807, 2.05) is 25.1 Å². The summed E-state index contributed by atoms with van der Waals surface area (Å²) in [6.45, 7) is 1.98. The minimum atomic E-state index is -0.828. The summed E-state index contributed by atoms with van der Waals surface area (Å²) in [6, 6.07) is 5.66. The maximum atomic E-state index is 10.7. The van der Waals surface area contributed by atoms with Crippen LogP contribution in [0, 0.1) is 6.92 Å². The molecule has 0 unspecified atom stereocenters. The highest BCUT2D eigenvalue weighted by molar-refractivity contribution is 8.00. The summed E-state index contributed by atoms with van der Waals surface area (Å²) >= 11 is 1.30. The van der Waals surface area contributed by atoms with E-state index < -0.39 is 5.97 Å². The summed E-state index contributed by atoms with van der Waals surface area (Å²) in [7, 11) is 1.60. The number of ether oxygens (including phenoxy) is 1. The molecular weight excluding hydrogens is 250 g/mol. The predicted molar refractivity (Wildman–Crippen MR) is 71.4 cm³/mol. The number of carboxylic acid groups (broad SMARTS) is 1. The van der Waals surface area contributed by atoms with Crippen molar-refractivity contribution in [2.45, 2.75) is 11.8 Å². The van der Waals surface area contributed by atoms with Gasteiger partial charge in [-0.2, -0.15) is 0 Å². The second-order valence-electron chi connectivity index (χ2n) is 3.80. The lowest BCUT2D eigenvalue weighted by atomic mass is 10.1. The third-order valence-electron chi connectivity index (χ3n) is 2.60. The molecule has 5 heteroatoms. The quantitative estimate of drug-likeness (QED) is 0.859. The topological polar surface area (TPSA) is 59.4 Å². The van der Waals surface area contributed by atoms with E-state index in [1.165, 1.54) is 11.8 Å². The van der Waals surface area contributed by atoms with E-state index in [0.717, 1.165) is 21.4 Å². The zero-order valence-corrected chi connectivity index (χ0v) is 11.0. The zero-order valence-electron chi connectivity index (χ0n) is 10.1. The van der Waals surface area contributed by atoms with Crippen molar-refractivity contribution in [2.75, 3.05) is 12.9 Å². The largest absolute Gasteiger partial charge is 0.494 e. The number of aryl methyl sites for hydroxylation is 1. The van der Waals surface area contributed by atoms with Crippen molar-refractivity contribution < 1.29 is 14.6 Å². The van der Waals surface area contributed by atoms with Gasteiger partial charge >= 0.3 is 5.97 Å². The fourth-order valence-electron chi connectivity index (χ4n) is 1.80. The number of carboxylic acids is 1. The van der Waals surface area contributed by atoms with Gasteiger partial charge in [0, 0.05) is 16.5 Å². The summed E-state index contributed by atoms with van der Waals surface area (Å²) in [5.74, 6) is -0.0886. The molecule has 2 aromatic rings. The van der Waals surface area contributed by atoms with Crippen molar-refractivity contribution in [3.63, 3.8) is 0 Å². The molecule has 0 amide bonds. The van der Waals surface area contributed by atoms with Crippen LogP contribution in [0.1, 0.15) is 5.56 Å². The number of pyridine rings is 1. The van der Waals surface area contributed by atoms with Crippen molar-refractivity contribution >= 4 is 28.6 Å². The number of fused-ring (bicyclic) bond motifs is 1. The maximum Gasteiger partial charge on any atom is 0.313 e. The molecular formula is C13H13NO3S. The van der Waals surface area contributed by atoms with Crippen molar-refractivity contribution in [1.82, 2.24) is 4.98 Å². The van der Waals surface area contributed by atoms with Crippen LogP contribution in [0.5, 0.6) is 5.75 Å². The van der Waals surface area contributed by atoms with Crippen LogP contribution >= 0.6 is 11.8 Å². The normalized spacial score (nSPS) is 10.6. The fraction of sp³-hybridized carbons (Fsp3) is 0.231. The second-order valence-corrected chi connectivity index (χ2v) is 4.82. The van der Waals surface area contributed by atoms with Crippen LogP contribution in [0.15, 0.2) is 29.3 Å². The molecule has 1 aromatic carbocycles. The maximum absolute atomic E-state index is 10.7. The van der Waals surface area contributed by atoms with Crippen LogP contribution in [0.2, 0.25) is 0 Å². The van der Waals surface area contributed by atoms with Gasteiger partial charge in [-0.25, -0.2) is 0 Å². The first kappa shape index (κ1) is 12.7. The number of hydrogen-bond acceptors (Lipinski definition) is 4. The van der Waals surface area contributed by atoms with E-state index in [2.05, 4.69) is 4.98 Å². The van der Waals surface area contributed by atoms with Crippen molar-refractivity contribution in [3.05, 3.63) is 30.0 Å². The molecule has 0 atom stereocenters. The smallest absolute Gasteiger partial charge is 0.313 e. The van der Waals surface area contributed by atoms with Crippen LogP contribution in [-0.2, 0) is 4.79 Å². The Balaban J connectivity index is 2.57. The van der Waals surface area contributed by atoms with E-state index in [9.17, 15) is 4.79 Å². The highest BCUT2D eigenvalue weighted by atomic mass is 32.2. The van der Waals surface area contributed by atoms with Gasteiger partial charge in [-0.15, -0.1) is 11.8 Å². The number of benzene rings is 1. The van der Waals surface area contributed by atoms with Crippen LogP contribution < -0.4 is 4.74 Å². The Morgan fingerprint density at radius 2 is 2.22 bits per heavy atom. The van der Waals surface area contributed by atoms with Crippen LogP contribution in [-0.4, -0.2) is 28.9 Å². The van der Waals surface area contributed by atoms with Gasteiger partial charge < -0.3 is 9.84 Å². The summed E-state index contributed by atoms with van der Waals surface area (Å²) in [4.78, 5) is 15.9. The predicted octanol–water partition coefficient (Wildman–Crippen LogP) is 2.73. The molecule has 0 saturated carbocycles. The molecule has 94 valence electrons. The summed E-state index contributed by atoms with van der Waals surface area (Å²) in [6.07, 6.45) is 1.68. The highest BCUT2D eigenvalue weighted by Gasteiger charge is 2.11. The van der Waals surface area contributed by atoms with E-state index in [4.69, 9.17) is 9.84 Å². The average molecular weight is 263 g/mol. The molecule has 0 spiro atoms. The number of methoxy groups -OCH3 is 1. The zero-order chi connectivity index (χ0) is 13.1. The lowest BCUT2D eigenvalue weighted by Crippen LogP contribution is -1.98. The number of hydrogen-bond donors (Lipinski definition) is 1. The number of carbonyl (C=O) groups is 1. The third kappa shape index (κ3) is 2.41. The Kier molecular flexibility index (Phi) is 3.72. The summed E-state index contributed by atoms with van der Waals surface area (Å²) in [5, 5.41) is 9.72. The number of rotatable bonds is 4. The molecule has 1 aromatic heterocycles. The summed E-state index contributed by atoms with van der Waals surface area (Å²) in [5.41, 5.74) is 1.83. The molecule has 0 aliphatic carbocycles. The van der Waals surface area contributed by atoms with Crippen LogP contribution in [0.3, 0.4) is 0 Å². The van der Waals surface area contributed by atoms with Crippen LogP contribution in [0.4, 0.5) is 0 Å². The van der Waals surface area contributed by atoms with Gasteiger partial charge in [0.05, 0.1) is 12.9 Å². The molecule has 4 nitrogen and oxygen atoms in total. The third-order valence-corrected chi connectivity index (χ3v) is 3.64. The van der Waals surface area contributed by atoms with Gasteiger partial charge in [-0.05, 0) is 24.6 Å². The Hall–Kier alpha value is -1.75. The molecule has 0 saturated heterocycles. The molecule has 0 aliphatic rings. The monoisotopic (exact) mass is 263 g/mol. The van der Waals surface area contributed by atoms with Crippen molar-refractivity contribution in [3.8, 4) is 5.75 Å². The fourth-order valence-corrected chi connectivity index (χ4v) is 2.64. The average Bonchev–Trinajstić information content (AvgIpc) is 2.36. The number of aromatic nitrogens is 1. The molecule has 0 fully saturated rings. The van der Waals surface area contributed by atoms with Gasteiger partial charge in [0.2, 0.25) is 0 Å². The highest BCUT2D eigenvalue weighted by Crippen LogP contribution is 2.33. The van der Waals surface area contributed by atoms with Gasteiger partial charge in [-0.3, -0.25) is 9.78 Å². The molecule has 0 bridgehead atoms. The lowest BCUT2D eigenvalue weighted by Gasteiger charge is -2.10.